The number of fused-ring (bicyclic) bond motifs is 2. The minimum atomic E-state index is 0.448. The molecule has 5 aromatic rings. The van der Waals surface area contributed by atoms with Gasteiger partial charge in [-0.05, 0) is 55.1 Å². The Hall–Kier alpha value is -3.89. The molecule has 0 bridgehead atoms. The molecule has 4 aromatic carbocycles. The Balaban J connectivity index is 1.48. The molecule has 0 saturated heterocycles. The summed E-state index contributed by atoms with van der Waals surface area (Å²) in [6.07, 6.45) is 1.03. The lowest BCUT2D eigenvalue weighted by atomic mass is 10.0. The molecule has 1 heterocycles. The summed E-state index contributed by atoms with van der Waals surface area (Å²) in [6, 6.07) is 33.7. The van der Waals surface area contributed by atoms with E-state index in [0.717, 1.165) is 47.7 Å². The number of para-hydroxylation sites is 1. The molecule has 0 fully saturated rings. The van der Waals surface area contributed by atoms with Gasteiger partial charge in [-0.2, -0.15) is 0 Å². The van der Waals surface area contributed by atoms with Crippen LogP contribution in [0.1, 0.15) is 28.7 Å². The molecule has 0 spiro atoms. The van der Waals surface area contributed by atoms with Crippen LogP contribution in [0, 0.1) is 13.8 Å². The topological polar surface area (TPSA) is 38.5 Å². The summed E-state index contributed by atoms with van der Waals surface area (Å²) in [4.78, 5) is 5.89. The summed E-state index contributed by atoms with van der Waals surface area (Å²) in [7, 11) is 0. The lowest BCUT2D eigenvalue weighted by molar-refractivity contribution is 0.121. The van der Waals surface area contributed by atoms with Gasteiger partial charge in [-0.15, -0.1) is 0 Å². The summed E-state index contributed by atoms with van der Waals surface area (Å²) >= 11 is 0. The number of aromatic nitrogens is 1. The molecular weight excluding hydrogens is 442 g/mol. The third kappa shape index (κ3) is 5.19. The molecule has 1 N–H and O–H groups in total. The first-order valence-electron chi connectivity index (χ1n) is 12.7. The molecule has 182 valence electrons. The molecule has 0 radical (unpaired) electrons. The van der Waals surface area contributed by atoms with E-state index in [9.17, 15) is 0 Å². The van der Waals surface area contributed by atoms with Crippen molar-refractivity contribution < 1.29 is 4.84 Å². The zero-order valence-electron chi connectivity index (χ0n) is 21.1. The summed E-state index contributed by atoms with van der Waals surface area (Å²) < 4.78 is 2.47. The Morgan fingerprint density at radius 3 is 2.22 bits per heavy atom. The molecule has 0 unspecified atom stereocenters. The first-order chi connectivity index (χ1) is 17.7. The quantitative estimate of drug-likeness (QED) is 0.148. The van der Waals surface area contributed by atoms with Crippen molar-refractivity contribution in [3.05, 3.63) is 125 Å². The largest absolute Gasteiger partial charge is 0.390 e. The predicted molar refractivity (Wildman–Crippen MR) is 148 cm³/mol. The number of pyridine rings is 1. The van der Waals surface area contributed by atoms with Crippen LogP contribution in [-0.2, 0) is 24.5 Å². The van der Waals surface area contributed by atoms with Gasteiger partial charge in [0.05, 0.1) is 11.0 Å². The molecule has 0 saturated carbocycles. The fourth-order valence-electron chi connectivity index (χ4n) is 4.78. The number of hydrogen-bond acceptors (Lipinski definition) is 3. The first-order valence-corrected chi connectivity index (χ1v) is 12.7. The van der Waals surface area contributed by atoms with Crippen molar-refractivity contribution in [2.24, 2.45) is 5.16 Å². The standard InChI is InChI=1S/C32H33N3O/c1-24-18-19-29-31(34-36-23-27-14-7-4-8-15-27)28-16-9-10-17-30(28)35(32(29)25(24)2)21-11-20-33-22-26-12-5-3-6-13-26/h3-10,12-19,33H,11,20-23H2,1-2H3/b34-31+. The third-order valence-electron chi connectivity index (χ3n) is 6.81. The van der Waals surface area contributed by atoms with Crippen LogP contribution in [0.15, 0.2) is 102 Å². The van der Waals surface area contributed by atoms with Crippen LogP contribution < -0.4 is 10.7 Å². The average molecular weight is 476 g/mol. The average Bonchev–Trinajstić information content (AvgIpc) is 2.92. The van der Waals surface area contributed by atoms with Crippen LogP contribution in [0.3, 0.4) is 0 Å². The highest BCUT2D eigenvalue weighted by Gasteiger charge is 2.13. The molecule has 0 aliphatic carbocycles. The number of benzene rings is 4. The third-order valence-corrected chi connectivity index (χ3v) is 6.81. The molecule has 1 aromatic heterocycles. The van der Waals surface area contributed by atoms with Crippen LogP contribution in [-0.4, -0.2) is 11.1 Å². The van der Waals surface area contributed by atoms with E-state index in [1.807, 2.05) is 18.2 Å². The van der Waals surface area contributed by atoms with Crippen LogP contribution >= 0.6 is 0 Å². The fourth-order valence-corrected chi connectivity index (χ4v) is 4.78. The van der Waals surface area contributed by atoms with E-state index in [2.05, 4.69) is 108 Å². The summed E-state index contributed by atoms with van der Waals surface area (Å²) in [6.45, 7) is 7.61. The molecule has 0 aliphatic rings. The highest BCUT2D eigenvalue weighted by molar-refractivity contribution is 5.95. The van der Waals surface area contributed by atoms with Crippen molar-refractivity contribution in [2.45, 2.75) is 40.0 Å². The molecule has 0 atom stereocenters. The van der Waals surface area contributed by atoms with Crippen molar-refractivity contribution in [3.63, 3.8) is 0 Å². The van der Waals surface area contributed by atoms with E-state index >= 15 is 0 Å². The minimum absolute atomic E-state index is 0.448. The number of rotatable bonds is 9. The Morgan fingerprint density at radius 1 is 0.750 bits per heavy atom. The molecule has 5 rings (SSSR count). The molecule has 4 nitrogen and oxygen atoms in total. The molecule has 0 amide bonds. The van der Waals surface area contributed by atoms with E-state index in [4.69, 9.17) is 4.84 Å². The monoisotopic (exact) mass is 475 g/mol. The summed E-state index contributed by atoms with van der Waals surface area (Å²) in [5.74, 6) is 0. The van der Waals surface area contributed by atoms with Gasteiger partial charge in [0.25, 0.3) is 0 Å². The van der Waals surface area contributed by atoms with Crippen molar-refractivity contribution in [1.82, 2.24) is 9.88 Å². The van der Waals surface area contributed by atoms with Gasteiger partial charge in [0, 0.05) is 23.9 Å². The number of nitrogens with zero attached hydrogens (tertiary/aromatic N) is 2. The summed E-state index contributed by atoms with van der Waals surface area (Å²) in [5.41, 5.74) is 7.41. The Bertz CT molecular complexity index is 1520. The van der Waals surface area contributed by atoms with Crippen molar-refractivity contribution in [3.8, 4) is 0 Å². The van der Waals surface area contributed by atoms with E-state index in [1.54, 1.807) is 0 Å². The van der Waals surface area contributed by atoms with Gasteiger partial charge in [-0.25, -0.2) is 0 Å². The lowest BCUT2D eigenvalue weighted by Gasteiger charge is -2.19. The van der Waals surface area contributed by atoms with Crippen LogP contribution in [0.5, 0.6) is 0 Å². The molecule has 36 heavy (non-hydrogen) atoms. The predicted octanol–water partition coefficient (Wildman–Crippen LogP) is 6.62. The van der Waals surface area contributed by atoms with E-state index in [0.29, 0.717) is 6.61 Å². The van der Waals surface area contributed by atoms with E-state index in [-0.39, 0.29) is 0 Å². The maximum atomic E-state index is 5.89. The molecular formula is C32H33N3O. The van der Waals surface area contributed by atoms with Gasteiger partial charge in [-0.3, -0.25) is 0 Å². The van der Waals surface area contributed by atoms with Gasteiger partial charge in [-0.1, -0.05) is 96.2 Å². The SMILES string of the molecule is Cc1ccc2/c(=N/OCc3ccccc3)c3ccccc3n(CCCNCc3ccccc3)c2c1C. The fraction of sp³-hybridized carbons (Fsp3) is 0.219. The van der Waals surface area contributed by atoms with Crippen molar-refractivity contribution >= 4 is 21.8 Å². The highest BCUT2D eigenvalue weighted by Crippen LogP contribution is 2.25. The Labute approximate surface area is 212 Å². The maximum Gasteiger partial charge on any atom is 0.142 e. The maximum absolute atomic E-state index is 5.89. The van der Waals surface area contributed by atoms with Gasteiger partial charge < -0.3 is 14.7 Å². The molecule has 0 aliphatic heterocycles. The Kier molecular flexibility index (Phi) is 7.44. The molecule has 4 heteroatoms. The van der Waals surface area contributed by atoms with Gasteiger partial charge in [0.15, 0.2) is 0 Å². The second-order valence-corrected chi connectivity index (χ2v) is 9.29. The lowest BCUT2D eigenvalue weighted by Crippen LogP contribution is -2.19. The van der Waals surface area contributed by atoms with Crippen molar-refractivity contribution in [2.75, 3.05) is 6.54 Å². The smallest absolute Gasteiger partial charge is 0.142 e. The second-order valence-electron chi connectivity index (χ2n) is 9.29. The van der Waals surface area contributed by atoms with Crippen LogP contribution in [0.4, 0.5) is 0 Å². The van der Waals surface area contributed by atoms with Crippen LogP contribution in [0.25, 0.3) is 21.8 Å². The minimum Gasteiger partial charge on any atom is -0.390 e. The summed E-state index contributed by atoms with van der Waals surface area (Å²) in [5, 5.41) is 11.4. The highest BCUT2D eigenvalue weighted by atomic mass is 16.6. The first kappa shape index (κ1) is 23.8. The Morgan fingerprint density at radius 2 is 1.44 bits per heavy atom. The van der Waals surface area contributed by atoms with Gasteiger partial charge >= 0.3 is 0 Å². The number of hydrogen-bond donors (Lipinski definition) is 1. The van der Waals surface area contributed by atoms with Crippen molar-refractivity contribution in [1.29, 1.82) is 0 Å². The zero-order valence-corrected chi connectivity index (χ0v) is 21.1. The van der Waals surface area contributed by atoms with Crippen LogP contribution in [0.2, 0.25) is 0 Å². The van der Waals surface area contributed by atoms with E-state index in [1.165, 1.54) is 27.7 Å². The second kappa shape index (κ2) is 11.2. The zero-order chi connectivity index (χ0) is 24.7. The van der Waals surface area contributed by atoms with Gasteiger partial charge in [0.1, 0.15) is 12.0 Å². The number of aryl methyl sites for hydroxylation is 3. The van der Waals surface area contributed by atoms with E-state index < -0.39 is 0 Å². The van der Waals surface area contributed by atoms with Gasteiger partial charge in [0.2, 0.25) is 0 Å². The number of nitrogens with one attached hydrogen (secondary N) is 1. The normalized spacial score (nSPS) is 11.9.